The Kier molecular flexibility index (Phi) is 4.12. The van der Waals surface area contributed by atoms with Gasteiger partial charge in [0.15, 0.2) is 17.5 Å². The van der Waals surface area contributed by atoms with E-state index in [1.165, 1.54) is 18.2 Å². The van der Waals surface area contributed by atoms with Crippen molar-refractivity contribution in [2.24, 2.45) is 0 Å². The summed E-state index contributed by atoms with van der Waals surface area (Å²) in [5, 5.41) is 1.72. The van der Waals surface area contributed by atoms with Crippen LogP contribution in [-0.4, -0.2) is 15.0 Å². The van der Waals surface area contributed by atoms with E-state index in [2.05, 4.69) is 0 Å². The molecule has 0 N–H and O–H groups in total. The minimum atomic E-state index is -0.553. The Morgan fingerprint density at radius 1 is 0.412 bits per heavy atom. The van der Waals surface area contributed by atoms with Gasteiger partial charge >= 0.3 is 0 Å². The second-order valence-electron chi connectivity index (χ2n) is 11.7. The van der Waals surface area contributed by atoms with Crippen molar-refractivity contribution in [3.63, 3.8) is 0 Å². The molecule has 8 aromatic carbocycles. The third kappa shape index (κ3) is 5.13. The van der Waals surface area contributed by atoms with E-state index in [0.717, 1.165) is 0 Å². The zero-order valence-corrected chi connectivity index (χ0v) is 26.3. The predicted molar refractivity (Wildman–Crippen MR) is 209 cm³/mol. The molecule has 0 saturated carbocycles. The smallest absolute Gasteiger partial charge is 0.164 e. The maximum Gasteiger partial charge on any atom is 0.164 e. The molecule has 0 saturated heterocycles. The van der Waals surface area contributed by atoms with Gasteiger partial charge < -0.3 is 4.42 Å². The van der Waals surface area contributed by atoms with Crippen molar-refractivity contribution in [2.45, 2.75) is 0 Å². The lowest BCUT2D eigenvalue weighted by atomic mass is 9.97. The third-order valence-electron chi connectivity index (χ3n) is 8.63. The molecule has 0 aliphatic rings. The minimum absolute atomic E-state index is 0.00736. The number of hydrogen-bond acceptors (Lipinski definition) is 4. The zero-order chi connectivity index (χ0) is 46.8. The molecule has 0 unspecified atom stereocenters. The van der Waals surface area contributed by atoms with Crippen LogP contribution in [0.3, 0.4) is 0 Å². The molecule has 0 bridgehead atoms. The van der Waals surface area contributed by atoms with E-state index in [0.29, 0.717) is 38.3 Å². The highest BCUT2D eigenvalue weighted by Gasteiger charge is 2.19. The molecule has 4 heteroatoms. The molecule has 10 rings (SSSR count). The molecule has 2 heterocycles. The number of benzene rings is 8. The van der Waals surface area contributed by atoms with Crippen molar-refractivity contribution in [3.05, 3.63) is 176 Å². The van der Waals surface area contributed by atoms with Gasteiger partial charge in [0.2, 0.25) is 0 Å². The Balaban J connectivity index is 1.20. The Morgan fingerprint density at radius 2 is 1.14 bits per heavy atom. The quantitative estimate of drug-likeness (QED) is 0.183. The van der Waals surface area contributed by atoms with Gasteiger partial charge in [-0.1, -0.05) is 145 Å². The summed E-state index contributed by atoms with van der Waals surface area (Å²) in [6.07, 6.45) is 0. The topological polar surface area (TPSA) is 51.8 Å². The lowest BCUT2D eigenvalue weighted by Gasteiger charge is -2.13. The Morgan fingerprint density at radius 3 is 2.00 bits per heavy atom. The first-order chi connectivity index (χ1) is 31.5. The van der Waals surface area contributed by atoms with Crippen LogP contribution in [-0.2, 0) is 0 Å². The maximum absolute atomic E-state index is 9.17. The molecule has 2 aromatic heterocycles. The first-order valence-electron chi connectivity index (χ1n) is 23.4. The maximum atomic E-state index is 9.17. The van der Waals surface area contributed by atoms with E-state index in [1.807, 2.05) is 0 Å². The number of para-hydroxylation sites is 1. The van der Waals surface area contributed by atoms with Gasteiger partial charge in [0.25, 0.3) is 0 Å². The first-order valence-corrected chi connectivity index (χ1v) is 15.9. The van der Waals surface area contributed by atoms with E-state index >= 15 is 0 Å². The largest absolute Gasteiger partial charge is 0.456 e. The summed E-state index contributed by atoms with van der Waals surface area (Å²) in [4.78, 5) is 14.7. The molecule has 51 heavy (non-hydrogen) atoms. The number of aromatic nitrogens is 3. The molecular weight excluding hydrogens is 623 g/mol. The molecule has 0 aliphatic heterocycles. The van der Waals surface area contributed by atoms with Crippen LogP contribution >= 0.6 is 0 Å². The van der Waals surface area contributed by atoms with Crippen molar-refractivity contribution < 1.29 is 25.0 Å². The molecule has 0 fully saturated rings. The minimum Gasteiger partial charge on any atom is -0.456 e. The summed E-state index contributed by atoms with van der Waals surface area (Å²) in [6, 6.07) is 17.3. The molecule has 10 aromatic rings. The summed E-state index contributed by atoms with van der Waals surface area (Å²) in [7, 11) is 0. The van der Waals surface area contributed by atoms with E-state index in [-0.39, 0.29) is 91.9 Å². The fourth-order valence-corrected chi connectivity index (χ4v) is 6.25. The van der Waals surface area contributed by atoms with Crippen LogP contribution in [0, 0.1) is 0 Å². The van der Waals surface area contributed by atoms with Crippen molar-refractivity contribution in [2.75, 3.05) is 0 Å². The van der Waals surface area contributed by atoms with Crippen molar-refractivity contribution in [1.82, 2.24) is 15.0 Å². The number of nitrogens with zero attached hydrogens (tertiary/aromatic N) is 3. The number of rotatable bonds is 5. The van der Waals surface area contributed by atoms with E-state index in [4.69, 9.17) is 38.6 Å². The van der Waals surface area contributed by atoms with Gasteiger partial charge in [-0.2, -0.15) is 0 Å². The van der Waals surface area contributed by atoms with Crippen LogP contribution < -0.4 is 0 Å². The van der Waals surface area contributed by atoms with Crippen molar-refractivity contribution >= 4 is 43.5 Å². The average molecular weight is 667 g/mol. The fraction of sp³-hybridized carbons (Fsp3) is 0. The number of fused-ring (bicyclic) bond motifs is 5. The second-order valence-corrected chi connectivity index (χ2v) is 11.7. The van der Waals surface area contributed by atoms with Gasteiger partial charge in [0, 0.05) is 27.5 Å². The van der Waals surface area contributed by atoms with Crippen molar-refractivity contribution in [3.8, 4) is 56.4 Å². The summed E-state index contributed by atoms with van der Waals surface area (Å²) < 4.78 is 135. The Labute approximate surface area is 315 Å². The van der Waals surface area contributed by atoms with E-state index in [9.17, 15) is 1.37 Å². The number of furan rings is 1. The lowest BCUT2D eigenvalue weighted by molar-refractivity contribution is 0.669. The van der Waals surface area contributed by atoms with Crippen molar-refractivity contribution in [1.29, 1.82) is 0 Å². The van der Waals surface area contributed by atoms with Crippen LogP contribution in [0.15, 0.2) is 180 Å². The molecule has 238 valence electrons. The molecule has 0 spiro atoms. The van der Waals surface area contributed by atoms with Gasteiger partial charge in [-0.05, 0) is 74.1 Å². The number of hydrogen-bond donors (Lipinski definition) is 0. The predicted octanol–water partition coefficient (Wildman–Crippen LogP) is 12.4. The Hall–Kier alpha value is -6.91. The fourth-order valence-electron chi connectivity index (χ4n) is 6.25. The summed E-state index contributed by atoms with van der Waals surface area (Å²) in [5.41, 5.74) is 2.03. The zero-order valence-electron chi connectivity index (χ0n) is 41.3. The van der Waals surface area contributed by atoms with Crippen LogP contribution in [0.2, 0.25) is 0 Å². The SMILES string of the molecule is [2H]c1cc([2H])c2oc3ccc([2H])c(-c4nc(-c5ccc6cc(-c7c([2H])c([2H])c8c([2H])c([2H])c([2H])c([2H])c8c7[2H])ccc6c5)nc(-c5ccccc5-c5c([2H])c([2H])c([2H])c([2H])c5[2H])n4)c3c2c1. The first kappa shape index (κ1) is 17.7. The molecule has 0 atom stereocenters. The normalized spacial score (nSPS) is 15.6. The van der Waals surface area contributed by atoms with Gasteiger partial charge in [-0.15, -0.1) is 0 Å². The van der Waals surface area contributed by atoms with Crippen LogP contribution in [0.4, 0.5) is 0 Å². The second kappa shape index (κ2) is 11.9. The van der Waals surface area contributed by atoms with Gasteiger partial charge in [0.1, 0.15) is 11.2 Å². The van der Waals surface area contributed by atoms with Gasteiger partial charge in [-0.3, -0.25) is 0 Å². The molecule has 0 radical (unpaired) electrons. The van der Waals surface area contributed by atoms with Crippen LogP contribution in [0.1, 0.15) is 20.6 Å². The van der Waals surface area contributed by atoms with Gasteiger partial charge in [-0.25, -0.2) is 15.0 Å². The van der Waals surface area contributed by atoms with Crippen LogP contribution in [0.25, 0.3) is 99.9 Å². The van der Waals surface area contributed by atoms with Crippen LogP contribution in [0.5, 0.6) is 0 Å². The monoisotopic (exact) mass is 666 g/mol. The Bertz CT molecular complexity index is 3770. The van der Waals surface area contributed by atoms with E-state index < -0.39 is 60.4 Å². The van der Waals surface area contributed by atoms with Gasteiger partial charge in [0.05, 0.1) is 20.6 Å². The molecular formula is C47H29N3O. The molecule has 0 amide bonds. The summed E-state index contributed by atoms with van der Waals surface area (Å²) in [6.45, 7) is 0. The molecule has 4 nitrogen and oxygen atoms in total. The highest BCUT2D eigenvalue weighted by atomic mass is 16.3. The summed E-state index contributed by atoms with van der Waals surface area (Å²) >= 11 is 0. The highest BCUT2D eigenvalue weighted by molar-refractivity contribution is 6.11. The lowest BCUT2D eigenvalue weighted by Crippen LogP contribution is -2.01. The van der Waals surface area contributed by atoms with E-state index in [1.54, 1.807) is 66.7 Å². The average Bonchev–Trinajstić information content (AvgIpc) is 3.68. The standard InChI is InChI=1S/C47H29N3O/c1-2-12-31(13-3-1)38-15-6-7-16-39(38)46-48-45(49-47(50-46)41-18-10-20-43-44(41)40-17-8-9-19-42(40)51-43)37-26-25-35-28-34(23-24-36(35)29-37)33-22-21-30-11-4-5-14-32(30)27-33/h1-29H/i1D,2D,3D,4D,5D,8D,11D,12D,13D,14D,18D,19D,21D,22D,27D. The third-order valence-corrected chi connectivity index (χ3v) is 8.63. The highest BCUT2D eigenvalue weighted by Crippen LogP contribution is 2.38. The summed E-state index contributed by atoms with van der Waals surface area (Å²) in [5.74, 6) is 0.159. The molecule has 0 aliphatic carbocycles.